The number of benzene rings is 3. The van der Waals surface area contributed by atoms with Crippen molar-refractivity contribution in [1.29, 1.82) is 0 Å². The van der Waals surface area contributed by atoms with Crippen LogP contribution in [-0.2, 0) is 42.5 Å². The molecule has 5 N–H and O–H groups in total. The molecular weight excluding hydrogens is 770 g/mol. The van der Waals surface area contributed by atoms with E-state index in [2.05, 4.69) is 26.3 Å². The summed E-state index contributed by atoms with van der Waals surface area (Å²) in [6.07, 6.45) is 4.18. The lowest BCUT2D eigenvalue weighted by atomic mass is 10.0. The molecule has 0 saturated carbocycles. The summed E-state index contributed by atoms with van der Waals surface area (Å²) >= 11 is 0. The summed E-state index contributed by atoms with van der Waals surface area (Å²) in [4.78, 5) is 75.3. The zero-order valence-electron chi connectivity index (χ0n) is 30.1. The Balaban J connectivity index is 0.816. The zero-order chi connectivity index (χ0) is 40.4. The van der Waals surface area contributed by atoms with Crippen LogP contribution in [0.4, 0.5) is 15.8 Å². The fourth-order valence-electron chi connectivity index (χ4n) is 6.84. The van der Waals surface area contributed by atoms with Gasteiger partial charge in [-0.2, -0.15) is 8.42 Å². The van der Waals surface area contributed by atoms with Crippen molar-refractivity contribution in [1.82, 2.24) is 35.2 Å². The SMILES string of the molecule is O=C(CCCCCn1cc(CNc2cccc3c2C(=O)N(C2CCC(=O)NC2=O)C3=O)nn1)NCCOc1ccc2cc(O)c(N3CC(=O)NS3(=O)=O)c(F)c2c1. The lowest BCUT2D eigenvalue weighted by molar-refractivity contribution is -0.136. The number of nitrogens with zero attached hydrogens (tertiary/aromatic N) is 5. The van der Waals surface area contributed by atoms with Crippen LogP contribution in [0, 0.1) is 5.82 Å². The van der Waals surface area contributed by atoms with Gasteiger partial charge in [0.2, 0.25) is 17.7 Å². The maximum atomic E-state index is 15.5. The van der Waals surface area contributed by atoms with Crippen LogP contribution in [0.15, 0.2) is 48.7 Å². The van der Waals surface area contributed by atoms with Gasteiger partial charge in [-0.05, 0) is 55.0 Å². The van der Waals surface area contributed by atoms with Gasteiger partial charge < -0.3 is 20.5 Å². The molecule has 0 radical (unpaired) electrons. The number of nitrogens with one attached hydrogen (secondary N) is 4. The number of unbranched alkanes of at least 4 members (excludes halogenated alkanes) is 2. The van der Waals surface area contributed by atoms with Crippen molar-refractivity contribution in [2.24, 2.45) is 0 Å². The van der Waals surface area contributed by atoms with Crippen LogP contribution in [0.5, 0.6) is 11.5 Å². The molecule has 2 fully saturated rings. The zero-order valence-corrected chi connectivity index (χ0v) is 30.9. The highest BCUT2D eigenvalue weighted by atomic mass is 32.2. The molecule has 1 unspecified atom stereocenters. The number of phenolic OH excluding ortho intramolecular Hbond substituents is 1. The van der Waals surface area contributed by atoms with Gasteiger partial charge >= 0.3 is 10.2 Å². The molecule has 3 aromatic carbocycles. The summed E-state index contributed by atoms with van der Waals surface area (Å²) in [5.74, 6) is -4.83. The van der Waals surface area contributed by atoms with Gasteiger partial charge in [-0.25, -0.2) is 13.4 Å². The number of aryl methyl sites for hydroxylation is 1. The average molecular weight is 806 g/mol. The molecule has 19 nitrogen and oxygen atoms in total. The van der Waals surface area contributed by atoms with Gasteiger partial charge in [0.25, 0.3) is 17.7 Å². The van der Waals surface area contributed by atoms with Crippen LogP contribution in [0.3, 0.4) is 0 Å². The van der Waals surface area contributed by atoms with E-state index in [0.717, 1.165) is 17.7 Å². The first-order valence-electron chi connectivity index (χ1n) is 18.0. The minimum absolute atomic E-state index is 0.0270. The third-order valence-corrected chi connectivity index (χ3v) is 10.9. The van der Waals surface area contributed by atoms with Crippen molar-refractivity contribution in [2.75, 3.05) is 29.3 Å². The van der Waals surface area contributed by atoms with Crippen molar-refractivity contribution < 1.29 is 51.4 Å². The number of carbonyl (C=O) groups excluding carboxylic acids is 6. The Labute approximate surface area is 323 Å². The number of phenols is 1. The van der Waals surface area contributed by atoms with E-state index < -0.39 is 69.6 Å². The van der Waals surface area contributed by atoms with E-state index in [0.29, 0.717) is 28.7 Å². The number of imide groups is 2. The third kappa shape index (κ3) is 8.04. The number of rotatable bonds is 15. The molecule has 1 atom stereocenters. The van der Waals surface area contributed by atoms with Crippen molar-refractivity contribution >= 4 is 67.8 Å². The van der Waals surface area contributed by atoms with Gasteiger partial charge in [0.1, 0.15) is 42.1 Å². The van der Waals surface area contributed by atoms with Crippen molar-refractivity contribution in [3.8, 4) is 11.5 Å². The number of aromatic hydroxyl groups is 1. The topological polar surface area (TPSA) is 251 Å². The highest BCUT2D eigenvalue weighted by Crippen LogP contribution is 2.39. The molecule has 2 saturated heterocycles. The molecule has 4 aromatic rings. The fraction of sp³-hybridized carbons (Fsp3) is 0.333. The van der Waals surface area contributed by atoms with Crippen LogP contribution in [0.1, 0.15) is 64.9 Å². The van der Waals surface area contributed by atoms with E-state index in [-0.39, 0.29) is 72.5 Å². The van der Waals surface area contributed by atoms with Gasteiger partial charge in [0.05, 0.1) is 30.4 Å². The van der Waals surface area contributed by atoms with Gasteiger partial charge in [-0.3, -0.25) is 43.7 Å². The minimum Gasteiger partial charge on any atom is -0.506 e. The monoisotopic (exact) mass is 805 g/mol. The maximum absolute atomic E-state index is 15.5. The number of hydrogen-bond acceptors (Lipinski definition) is 13. The lowest BCUT2D eigenvalue weighted by Crippen LogP contribution is -2.54. The fourth-order valence-corrected chi connectivity index (χ4v) is 8.00. The molecule has 4 heterocycles. The maximum Gasteiger partial charge on any atom is 0.326 e. The quantitative estimate of drug-likeness (QED) is 0.0839. The number of ether oxygens (including phenoxy) is 1. The number of piperidine rings is 1. The van der Waals surface area contributed by atoms with Gasteiger partial charge in [0.15, 0.2) is 5.82 Å². The van der Waals surface area contributed by atoms with Crippen LogP contribution in [0.25, 0.3) is 10.8 Å². The van der Waals surface area contributed by atoms with E-state index in [1.54, 1.807) is 27.7 Å². The summed E-state index contributed by atoms with van der Waals surface area (Å²) in [7, 11) is -4.36. The van der Waals surface area contributed by atoms with E-state index in [4.69, 9.17) is 4.74 Å². The average Bonchev–Trinajstić information content (AvgIpc) is 3.81. The first kappa shape index (κ1) is 38.6. The highest BCUT2D eigenvalue weighted by Gasteiger charge is 2.45. The first-order valence-corrected chi connectivity index (χ1v) is 19.4. The number of halogens is 1. The number of hydrogen-bond donors (Lipinski definition) is 5. The summed E-state index contributed by atoms with van der Waals surface area (Å²) in [5, 5.41) is 27.0. The minimum atomic E-state index is -4.36. The number of anilines is 2. The summed E-state index contributed by atoms with van der Waals surface area (Å²) < 4.78 is 49.4. The van der Waals surface area contributed by atoms with Gasteiger partial charge in [-0.1, -0.05) is 23.8 Å². The second kappa shape index (κ2) is 15.8. The number of fused-ring (bicyclic) bond motifs is 2. The predicted octanol–water partition coefficient (Wildman–Crippen LogP) is 1.23. The largest absolute Gasteiger partial charge is 0.506 e. The molecule has 7 rings (SSSR count). The molecule has 1 aromatic heterocycles. The highest BCUT2D eigenvalue weighted by molar-refractivity contribution is 7.92. The molecule has 3 aliphatic heterocycles. The van der Waals surface area contributed by atoms with Crippen LogP contribution in [-0.4, -0.2) is 94.6 Å². The third-order valence-electron chi connectivity index (χ3n) is 9.57. The number of aromatic nitrogens is 3. The number of amides is 6. The van der Waals surface area contributed by atoms with E-state index in [1.807, 2.05) is 0 Å². The van der Waals surface area contributed by atoms with Crippen LogP contribution >= 0.6 is 0 Å². The Kier molecular flexibility index (Phi) is 10.7. The van der Waals surface area contributed by atoms with E-state index in [9.17, 15) is 42.3 Å². The normalized spacial score (nSPS) is 17.5. The molecule has 0 bridgehead atoms. The molecule has 0 spiro atoms. The molecule has 3 aliphatic rings. The van der Waals surface area contributed by atoms with Crippen molar-refractivity contribution in [2.45, 2.75) is 57.7 Å². The van der Waals surface area contributed by atoms with E-state index in [1.165, 1.54) is 30.3 Å². The van der Waals surface area contributed by atoms with Gasteiger partial charge in [-0.15, -0.1) is 5.10 Å². The molecule has 21 heteroatoms. The Morgan fingerprint density at radius 2 is 1.86 bits per heavy atom. The Morgan fingerprint density at radius 1 is 1.04 bits per heavy atom. The molecular formula is C36H36FN9O10S. The van der Waals surface area contributed by atoms with Crippen LogP contribution in [0.2, 0.25) is 0 Å². The van der Waals surface area contributed by atoms with E-state index >= 15 is 4.39 Å². The smallest absolute Gasteiger partial charge is 0.326 e. The Hall–Kier alpha value is -6.64. The van der Waals surface area contributed by atoms with Crippen molar-refractivity contribution in [3.05, 3.63) is 71.3 Å². The first-order chi connectivity index (χ1) is 27.3. The predicted molar refractivity (Wildman–Crippen MR) is 197 cm³/mol. The Morgan fingerprint density at radius 3 is 2.63 bits per heavy atom. The molecule has 298 valence electrons. The van der Waals surface area contributed by atoms with Gasteiger partial charge in [0, 0.05) is 30.5 Å². The Bertz CT molecular complexity index is 2440. The molecule has 0 aliphatic carbocycles. The second-order valence-corrected chi connectivity index (χ2v) is 15.1. The summed E-state index contributed by atoms with van der Waals surface area (Å²) in [6, 6.07) is 9.28. The second-order valence-electron chi connectivity index (χ2n) is 13.5. The standard InChI is InChI=1S/C36H36FN9O10S/c37-32-24-16-22(9-8-20(24)15-27(47)33(32)45-19-30(50)42-57(45,54)55)56-14-12-38-28(48)7-2-1-3-13-44-18-21(41-43-44)17-39-25-6-4-5-23-31(25)36(53)46(35(23)52)26-10-11-29(49)40-34(26)51/h4-6,8-9,15-16,18,26,39,47H,1-3,7,10-14,17,19H2,(H,38,48)(H,42,50)(H,40,49,51). The lowest BCUT2D eigenvalue weighted by Gasteiger charge is -2.27. The number of carbonyl (C=O) groups is 6. The summed E-state index contributed by atoms with van der Waals surface area (Å²) in [6.45, 7) is 0.310. The van der Waals surface area contributed by atoms with Crippen LogP contribution < -0.4 is 29.7 Å². The molecule has 6 amide bonds. The van der Waals surface area contributed by atoms with Crippen molar-refractivity contribution in [3.63, 3.8) is 0 Å². The molecule has 57 heavy (non-hydrogen) atoms. The summed E-state index contributed by atoms with van der Waals surface area (Å²) in [5.41, 5.74) is 0.640.